The highest BCUT2D eigenvalue weighted by molar-refractivity contribution is 7.89. The molecule has 3 rings (SSSR count). The van der Waals surface area contributed by atoms with Gasteiger partial charge in [0.1, 0.15) is 17.9 Å². The third-order valence-corrected chi connectivity index (χ3v) is 6.62. The van der Waals surface area contributed by atoms with E-state index in [9.17, 15) is 23.1 Å². The van der Waals surface area contributed by atoms with Crippen LogP contribution in [0.25, 0.3) is 0 Å². The molecule has 1 atom stereocenters. The van der Waals surface area contributed by atoms with Crippen LogP contribution in [0.4, 0.5) is 4.79 Å². The van der Waals surface area contributed by atoms with Crippen LogP contribution in [0.5, 0.6) is 5.75 Å². The fourth-order valence-electron chi connectivity index (χ4n) is 3.12. The number of urea groups is 1. The lowest BCUT2D eigenvalue weighted by molar-refractivity contribution is -0.118. The van der Waals surface area contributed by atoms with Gasteiger partial charge in [-0.15, -0.1) is 0 Å². The number of amides is 3. The van der Waals surface area contributed by atoms with E-state index in [-0.39, 0.29) is 31.3 Å². The van der Waals surface area contributed by atoms with Crippen LogP contribution >= 0.6 is 0 Å². The minimum absolute atomic E-state index is 0.0405. The van der Waals surface area contributed by atoms with Crippen molar-refractivity contribution in [1.29, 1.82) is 0 Å². The van der Waals surface area contributed by atoms with Gasteiger partial charge in [-0.05, 0) is 42.9 Å². The lowest BCUT2D eigenvalue weighted by atomic mass is 9.91. The molecule has 0 aromatic heterocycles. The van der Waals surface area contributed by atoms with Gasteiger partial charge in [-0.2, -0.15) is 0 Å². The van der Waals surface area contributed by atoms with E-state index < -0.39 is 21.7 Å². The number of carbonyl (C=O) groups is 2. The van der Waals surface area contributed by atoms with Crippen LogP contribution in [0.15, 0.2) is 36.4 Å². The summed E-state index contributed by atoms with van der Waals surface area (Å²) >= 11 is 0. The van der Waals surface area contributed by atoms with Gasteiger partial charge in [-0.25, -0.2) is 17.9 Å². The Morgan fingerprint density at radius 1 is 1.32 bits per heavy atom. The molecule has 170 valence electrons. The van der Waals surface area contributed by atoms with Crippen molar-refractivity contribution in [3.05, 3.63) is 42.0 Å². The highest BCUT2D eigenvalue weighted by Gasteiger charge is 2.30. The number of rotatable bonds is 12. The van der Waals surface area contributed by atoms with Gasteiger partial charge < -0.3 is 14.7 Å². The molecule has 1 aromatic carbocycles. The number of hydrogen-bond donors (Lipinski definition) is 3. The number of carbonyl (C=O) groups excluding carboxylic acids is 2. The molecule has 3 amide bonds. The highest BCUT2D eigenvalue weighted by Crippen LogP contribution is 2.31. The van der Waals surface area contributed by atoms with E-state index in [2.05, 4.69) is 10.0 Å². The topological polar surface area (TPSA) is 125 Å². The second-order valence-corrected chi connectivity index (χ2v) is 9.83. The molecule has 0 unspecified atom stereocenters. The Morgan fingerprint density at radius 2 is 2.10 bits per heavy atom. The molecule has 1 aromatic rings. The molecule has 1 aliphatic heterocycles. The zero-order chi connectivity index (χ0) is 22.5. The summed E-state index contributed by atoms with van der Waals surface area (Å²) < 4.78 is 32.9. The molecule has 1 saturated carbocycles. The van der Waals surface area contributed by atoms with E-state index in [0.29, 0.717) is 30.3 Å². The van der Waals surface area contributed by atoms with Crippen LogP contribution in [0.3, 0.4) is 0 Å². The third-order valence-electron chi connectivity index (χ3n) is 5.40. The molecule has 0 bridgehead atoms. The Balaban J connectivity index is 1.53. The first-order valence-corrected chi connectivity index (χ1v) is 12.0. The molecule has 10 heteroatoms. The molecule has 2 fully saturated rings. The second-order valence-electron chi connectivity index (χ2n) is 7.98. The first kappa shape index (κ1) is 23.2. The number of ether oxygens (including phenoxy) is 1. The number of nitrogens with one attached hydrogen (secondary N) is 2. The van der Waals surface area contributed by atoms with Crippen molar-refractivity contribution in [3.63, 3.8) is 0 Å². The summed E-state index contributed by atoms with van der Waals surface area (Å²) in [4.78, 5) is 23.9. The van der Waals surface area contributed by atoms with Crippen LogP contribution in [-0.2, 0) is 20.4 Å². The van der Waals surface area contributed by atoms with Crippen LogP contribution in [0.1, 0.15) is 31.7 Å². The van der Waals surface area contributed by atoms with Crippen molar-refractivity contribution in [2.45, 2.75) is 31.8 Å². The lowest BCUT2D eigenvalue weighted by Gasteiger charge is -2.28. The standard InChI is InChI=1S/C21H29N3O6S/c1-2-21(27,17-6-5-7-18(12-17)30-14-16-8-9-16)15-22-31(28,29)11-4-3-10-24-13-19(25)23-20(24)26/h3-7,12,16,22,27H,2,8-11,13-15H2,1H3,(H,23,25,26)/b4-3+/t21-/m1/s1. The van der Waals surface area contributed by atoms with Crippen molar-refractivity contribution in [2.75, 3.05) is 32.0 Å². The van der Waals surface area contributed by atoms with Crippen LogP contribution in [-0.4, -0.2) is 62.4 Å². The summed E-state index contributed by atoms with van der Waals surface area (Å²) in [6, 6.07) is 6.62. The minimum atomic E-state index is -3.69. The molecule has 1 saturated heterocycles. The number of nitrogens with zero attached hydrogens (tertiary/aromatic N) is 1. The fraction of sp³-hybridized carbons (Fsp3) is 0.524. The van der Waals surface area contributed by atoms with Gasteiger partial charge in [0.25, 0.3) is 0 Å². The number of sulfonamides is 1. The van der Waals surface area contributed by atoms with Gasteiger partial charge >= 0.3 is 6.03 Å². The molecule has 1 heterocycles. The smallest absolute Gasteiger partial charge is 0.324 e. The highest BCUT2D eigenvalue weighted by atomic mass is 32.2. The zero-order valence-corrected chi connectivity index (χ0v) is 18.4. The van der Waals surface area contributed by atoms with E-state index in [4.69, 9.17) is 4.74 Å². The Morgan fingerprint density at radius 3 is 2.74 bits per heavy atom. The minimum Gasteiger partial charge on any atom is -0.493 e. The summed E-state index contributed by atoms with van der Waals surface area (Å²) in [7, 11) is -3.69. The Bertz CT molecular complexity index is 944. The second kappa shape index (κ2) is 9.80. The molecular formula is C21H29N3O6S. The van der Waals surface area contributed by atoms with Gasteiger partial charge in [0.2, 0.25) is 15.9 Å². The largest absolute Gasteiger partial charge is 0.493 e. The maximum Gasteiger partial charge on any atom is 0.324 e. The average Bonchev–Trinajstić information content (AvgIpc) is 3.52. The summed E-state index contributed by atoms with van der Waals surface area (Å²) in [5, 5.41) is 13.2. The SMILES string of the molecule is CC[C@@](O)(CNS(=O)(=O)C/C=C/CN1CC(=O)NC1=O)c1cccc(OCC2CC2)c1. The van der Waals surface area contributed by atoms with E-state index in [0.717, 1.165) is 0 Å². The number of hydrogen-bond acceptors (Lipinski definition) is 6. The maximum atomic E-state index is 12.3. The molecule has 31 heavy (non-hydrogen) atoms. The van der Waals surface area contributed by atoms with E-state index in [1.54, 1.807) is 25.1 Å². The zero-order valence-electron chi connectivity index (χ0n) is 17.5. The number of aliphatic hydroxyl groups is 1. The molecule has 9 nitrogen and oxygen atoms in total. The normalized spacial score (nSPS) is 19.0. The summed E-state index contributed by atoms with van der Waals surface area (Å²) in [5.74, 6) is 0.578. The van der Waals surface area contributed by atoms with Crippen LogP contribution in [0, 0.1) is 5.92 Å². The fourth-order valence-corrected chi connectivity index (χ4v) is 4.09. The Hall–Kier alpha value is -2.43. The monoisotopic (exact) mass is 451 g/mol. The molecule has 3 N–H and O–H groups in total. The van der Waals surface area contributed by atoms with Crippen molar-refractivity contribution >= 4 is 22.0 Å². The predicted molar refractivity (Wildman–Crippen MR) is 115 cm³/mol. The lowest BCUT2D eigenvalue weighted by Crippen LogP contribution is -2.41. The maximum absolute atomic E-state index is 12.3. The molecule has 1 aliphatic carbocycles. The van der Waals surface area contributed by atoms with Gasteiger partial charge in [-0.3, -0.25) is 10.1 Å². The van der Waals surface area contributed by atoms with Gasteiger partial charge in [0.05, 0.1) is 12.4 Å². The first-order valence-electron chi connectivity index (χ1n) is 10.4. The van der Waals surface area contributed by atoms with Crippen molar-refractivity contribution < 1.29 is 27.9 Å². The van der Waals surface area contributed by atoms with Crippen molar-refractivity contribution in [3.8, 4) is 5.75 Å². The molecule has 2 aliphatic rings. The summed E-state index contributed by atoms with van der Waals surface area (Å²) in [5.41, 5.74) is -0.782. The first-order chi connectivity index (χ1) is 14.7. The third kappa shape index (κ3) is 6.78. The predicted octanol–water partition coefficient (Wildman–Crippen LogP) is 1.10. The van der Waals surface area contributed by atoms with E-state index >= 15 is 0 Å². The molecule has 0 spiro atoms. The number of benzene rings is 1. The molecular weight excluding hydrogens is 422 g/mol. The number of imide groups is 1. The molecule has 0 radical (unpaired) electrons. The van der Waals surface area contributed by atoms with E-state index in [1.165, 1.54) is 29.9 Å². The van der Waals surface area contributed by atoms with Crippen molar-refractivity contribution in [2.24, 2.45) is 5.92 Å². The quantitative estimate of drug-likeness (QED) is 0.323. The Kier molecular flexibility index (Phi) is 7.34. The van der Waals surface area contributed by atoms with Gasteiger partial charge in [0.15, 0.2) is 0 Å². The van der Waals surface area contributed by atoms with Gasteiger partial charge in [-0.1, -0.05) is 31.2 Å². The van der Waals surface area contributed by atoms with Crippen molar-refractivity contribution in [1.82, 2.24) is 14.9 Å². The van der Waals surface area contributed by atoms with Gasteiger partial charge in [0, 0.05) is 13.1 Å². The summed E-state index contributed by atoms with van der Waals surface area (Å²) in [6.45, 7) is 2.37. The summed E-state index contributed by atoms with van der Waals surface area (Å²) in [6.07, 6.45) is 5.60. The average molecular weight is 452 g/mol. The van der Waals surface area contributed by atoms with Crippen LogP contribution < -0.4 is 14.8 Å². The van der Waals surface area contributed by atoms with E-state index in [1.807, 2.05) is 6.07 Å². The van der Waals surface area contributed by atoms with Crippen LogP contribution in [0.2, 0.25) is 0 Å². The Labute approximate surface area is 182 Å².